The first kappa shape index (κ1) is 17.7. The van der Waals surface area contributed by atoms with E-state index in [1.165, 1.54) is 5.56 Å². The van der Waals surface area contributed by atoms with Crippen LogP contribution in [0.1, 0.15) is 47.2 Å². The van der Waals surface area contributed by atoms with E-state index in [2.05, 4.69) is 34.3 Å². The Hall–Kier alpha value is -2.69. The molecule has 0 aliphatic carbocycles. The first-order valence-corrected chi connectivity index (χ1v) is 9.68. The Bertz CT molecular complexity index is 822. The molecule has 2 aliphatic heterocycles. The fraction of sp³-hybridized carbons (Fsp3) is 0.409. The lowest BCUT2D eigenvalue weighted by molar-refractivity contribution is -0.135. The highest BCUT2D eigenvalue weighted by Crippen LogP contribution is 2.36. The van der Waals surface area contributed by atoms with Crippen molar-refractivity contribution in [3.05, 3.63) is 65.5 Å². The average Bonchev–Trinajstić information content (AvgIpc) is 2.93. The fourth-order valence-electron chi connectivity index (χ4n) is 4.56. The number of hydrogen-bond acceptors (Lipinski definition) is 3. The van der Waals surface area contributed by atoms with Crippen molar-refractivity contribution in [1.82, 2.24) is 15.2 Å². The van der Waals surface area contributed by atoms with Crippen molar-refractivity contribution in [3.63, 3.8) is 0 Å². The van der Waals surface area contributed by atoms with Crippen LogP contribution in [0.25, 0.3) is 0 Å². The molecule has 2 aromatic rings. The molecule has 0 radical (unpaired) electrons. The van der Waals surface area contributed by atoms with E-state index in [0.717, 1.165) is 31.2 Å². The number of benzene rings is 1. The van der Waals surface area contributed by atoms with E-state index >= 15 is 0 Å². The number of rotatable bonds is 4. The van der Waals surface area contributed by atoms with Crippen LogP contribution in [0, 0.1) is 6.92 Å². The number of carbonyl (C=O) groups is 2. The lowest BCUT2D eigenvalue weighted by Gasteiger charge is -2.39. The van der Waals surface area contributed by atoms with Gasteiger partial charge in [0.15, 0.2) is 0 Å². The van der Waals surface area contributed by atoms with Gasteiger partial charge in [0.05, 0.1) is 6.42 Å². The van der Waals surface area contributed by atoms with Gasteiger partial charge in [-0.05, 0) is 50.3 Å². The number of piperidine rings is 1. The maximum absolute atomic E-state index is 12.9. The van der Waals surface area contributed by atoms with Crippen LogP contribution in [-0.4, -0.2) is 39.8 Å². The maximum atomic E-state index is 12.9. The molecule has 3 atom stereocenters. The molecule has 4 rings (SSSR count). The van der Waals surface area contributed by atoms with Crippen LogP contribution >= 0.6 is 0 Å². The number of fused-ring (bicyclic) bond motifs is 2. The predicted molar refractivity (Wildman–Crippen MR) is 103 cm³/mol. The standard InChI is InChI=1S/C22H25N3O2/c1-15-3-2-4-16(11-15)12-21(26)25-19-5-6-20(25)14-18(13-19)24-22(27)17-7-9-23-10-8-17/h2-4,7-11,18-20H,5-6,12-14H2,1H3,(H,24,27)/t18?,19-,20+. The Morgan fingerprint density at radius 2 is 1.81 bits per heavy atom. The van der Waals surface area contributed by atoms with Crippen LogP contribution < -0.4 is 5.32 Å². The van der Waals surface area contributed by atoms with Crippen molar-refractivity contribution in [2.75, 3.05) is 0 Å². The van der Waals surface area contributed by atoms with Crippen molar-refractivity contribution >= 4 is 11.8 Å². The molecule has 1 N–H and O–H groups in total. The zero-order chi connectivity index (χ0) is 18.8. The normalized spacial score (nSPS) is 23.9. The van der Waals surface area contributed by atoms with Crippen LogP contribution in [0.15, 0.2) is 48.8 Å². The number of aryl methyl sites for hydroxylation is 1. The molecule has 0 saturated carbocycles. The van der Waals surface area contributed by atoms with Gasteiger partial charge in [-0.15, -0.1) is 0 Å². The second-order valence-electron chi connectivity index (χ2n) is 7.73. The molecule has 27 heavy (non-hydrogen) atoms. The second kappa shape index (κ2) is 7.51. The van der Waals surface area contributed by atoms with E-state index in [-0.39, 0.29) is 29.9 Å². The van der Waals surface area contributed by atoms with Crippen molar-refractivity contribution < 1.29 is 9.59 Å². The molecular formula is C22H25N3O2. The quantitative estimate of drug-likeness (QED) is 0.909. The van der Waals surface area contributed by atoms with Gasteiger partial charge < -0.3 is 10.2 Å². The third-order valence-electron chi connectivity index (χ3n) is 5.74. The number of aromatic nitrogens is 1. The van der Waals surface area contributed by atoms with Gasteiger partial charge in [-0.25, -0.2) is 0 Å². The van der Waals surface area contributed by atoms with Gasteiger partial charge in [0.1, 0.15) is 0 Å². The summed E-state index contributed by atoms with van der Waals surface area (Å²) in [6.45, 7) is 2.05. The number of nitrogens with zero attached hydrogens (tertiary/aromatic N) is 2. The maximum Gasteiger partial charge on any atom is 0.251 e. The van der Waals surface area contributed by atoms with E-state index in [1.807, 2.05) is 12.1 Å². The minimum atomic E-state index is -0.0543. The molecule has 3 heterocycles. The summed E-state index contributed by atoms with van der Waals surface area (Å²) in [4.78, 5) is 31.4. The topological polar surface area (TPSA) is 62.3 Å². The Morgan fingerprint density at radius 3 is 2.48 bits per heavy atom. The van der Waals surface area contributed by atoms with Crippen LogP contribution in [0.4, 0.5) is 0 Å². The summed E-state index contributed by atoms with van der Waals surface area (Å²) in [5.41, 5.74) is 2.89. The Balaban J connectivity index is 1.38. The molecule has 140 valence electrons. The molecule has 0 spiro atoms. The van der Waals surface area contributed by atoms with E-state index in [1.54, 1.807) is 24.5 Å². The predicted octanol–water partition coefficient (Wildman–Crippen LogP) is 2.88. The molecule has 5 nitrogen and oxygen atoms in total. The Morgan fingerprint density at radius 1 is 1.11 bits per heavy atom. The first-order valence-electron chi connectivity index (χ1n) is 9.68. The summed E-state index contributed by atoms with van der Waals surface area (Å²) in [5.74, 6) is 0.161. The highest BCUT2D eigenvalue weighted by molar-refractivity contribution is 5.94. The summed E-state index contributed by atoms with van der Waals surface area (Å²) in [6, 6.07) is 12.2. The Kier molecular flexibility index (Phi) is 4.92. The molecule has 2 aliphatic rings. The van der Waals surface area contributed by atoms with E-state index < -0.39 is 0 Å². The van der Waals surface area contributed by atoms with Gasteiger partial charge in [0, 0.05) is 36.1 Å². The number of hydrogen-bond donors (Lipinski definition) is 1. The minimum absolute atomic E-state index is 0.0543. The number of nitrogens with one attached hydrogen (secondary N) is 1. The highest BCUT2D eigenvalue weighted by Gasteiger charge is 2.43. The summed E-state index contributed by atoms with van der Waals surface area (Å²) in [6.07, 6.45) is 7.47. The summed E-state index contributed by atoms with van der Waals surface area (Å²) >= 11 is 0. The van der Waals surface area contributed by atoms with Gasteiger partial charge in [-0.3, -0.25) is 14.6 Å². The van der Waals surface area contributed by atoms with Gasteiger partial charge in [-0.1, -0.05) is 29.8 Å². The SMILES string of the molecule is Cc1cccc(CC(=O)N2[C@@H]3CC[C@H]2CC(NC(=O)c2ccncc2)C3)c1. The van der Waals surface area contributed by atoms with Gasteiger partial charge >= 0.3 is 0 Å². The summed E-state index contributed by atoms with van der Waals surface area (Å²) in [7, 11) is 0. The third-order valence-corrected chi connectivity index (χ3v) is 5.74. The Labute approximate surface area is 159 Å². The average molecular weight is 363 g/mol. The van der Waals surface area contributed by atoms with Crippen molar-refractivity contribution in [1.29, 1.82) is 0 Å². The number of carbonyl (C=O) groups excluding carboxylic acids is 2. The number of amides is 2. The van der Waals surface area contributed by atoms with Crippen molar-refractivity contribution in [3.8, 4) is 0 Å². The van der Waals surface area contributed by atoms with Gasteiger partial charge in [-0.2, -0.15) is 0 Å². The molecule has 2 bridgehead atoms. The smallest absolute Gasteiger partial charge is 0.251 e. The zero-order valence-corrected chi connectivity index (χ0v) is 15.6. The molecule has 1 unspecified atom stereocenters. The zero-order valence-electron chi connectivity index (χ0n) is 15.6. The number of pyridine rings is 1. The second-order valence-corrected chi connectivity index (χ2v) is 7.73. The highest BCUT2D eigenvalue weighted by atomic mass is 16.2. The van der Waals surface area contributed by atoms with E-state index in [0.29, 0.717) is 12.0 Å². The summed E-state index contributed by atoms with van der Waals surface area (Å²) < 4.78 is 0. The fourth-order valence-corrected chi connectivity index (χ4v) is 4.56. The first-order chi connectivity index (χ1) is 13.1. The lowest BCUT2D eigenvalue weighted by atomic mass is 9.96. The van der Waals surface area contributed by atoms with Crippen LogP contribution in [0.3, 0.4) is 0 Å². The largest absolute Gasteiger partial charge is 0.349 e. The van der Waals surface area contributed by atoms with E-state index in [4.69, 9.17) is 0 Å². The lowest BCUT2D eigenvalue weighted by Crippen LogP contribution is -2.52. The minimum Gasteiger partial charge on any atom is -0.349 e. The van der Waals surface area contributed by atoms with Crippen molar-refractivity contribution in [2.24, 2.45) is 0 Å². The molecule has 2 saturated heterocycles. The monoisotopic (exact) mass is 363 g/mol. The van der Waals surface area contributed by atoms with Gasteiger partial charge in [0.25, 0.3) is 5.91 Å². The van der Waals surface area contributed by atoms with Crippen LogP contribution in [0.5, 0.6) is 0 Å². The molecular weight excluding hydrogens is 338 g/mol. The van der Waals surface area contributed by atoms with Crippen LogP contribution in [0.2, 0.25) is 0 Å². The molecule has 2 fully saturated rings. The molecule has 1 aromatic heterocycles. The van der Waals surface area contributed by atoms with Crippen molar-refractivity contribution in [2.45, 2.75) is 57.2 Å². The molecule has 2 amide bonds. The van der Waals surface area contributed by atoms with Crippen LogP contribution in [-0.2, 0) is 11.2 Å². The molecule has 5 heteroatoms. The van der Waals surface area contributed by atoms with E-state index in [9.17, 15) is 9.59 Å². The summed E-state index contributed by atoms with van der Waals surface area (Å²) in [5, 5.41) is 3.15. The molecule has 1 aromatic carbocycles. The third kappa shape index (κ3) is 3.87. The van der Waals surface area contributed by atoms with Gasteiger partial charge in [0.2, 0.25) is 5.91 Å².